The van der Waals surface area contributed by atoms with Crippen LogP contribution in [0, 0.1) is 11.6 Å². The van der Waals surface area contributed by atoms with Gasteiger partial charge in [0.1, 0.15) is 11.6 Å². The number of hydrogen-bond acceptors (Lipinski definition) is 2. The standard InChI is InChI=1S/C15H14BrF2NS/c1-2-19-9-10-7-13(17)15(14(18)8-10)20-12-5-3-11(16)4-6-12/h3-8,19H,2,9H2,1H3. The Morgan fingerprint density at radius 1 is 1.10 bits per heavy atom. The Morgan fingerprint density at radius 2 is 1.70 bits per heavy atom. The Morgan fingerprint density at radius 3 is 2.25 bits per heavy atom. The minimum Gasteiger partial charge on any atom is -0.313 e. The summed E-state index contributed by atoms with van der Waals surface area (Å²) in [5.74, 6) is -1.04. The molecular formula is C15H14BrF2NS. The molecule has 2 aromatic rings. The molecule has 20 heavy (non-hydrogen) atoms. The van der Waals surface area contributed by atoms with Crippen LogP contribution in [0.15, 0.2) is 50.7 Å². The van der Waals surface area contributed by atoms with E-state index >= 15 is 0 Å². The third-order valence-corrected chi connectivity index (χ3v) is 4.30. The highest BCUT2D eigenvalue weighted by molar-refractivity contribution is 9.10. The molecule has 0 radical (unpaired) electrons. The van der Waals surface area contributed by atoms with Gasteiger partial charge in [0, 0.05) is 15.9 Å². The molecule has 5 heteroatoms. The van der Waals surface area contributed by atoms with Crippen LogP contribution in [-0.4, -0.2) is 6.54 Å². The fourth-order valence-electron chi connectivity index (χ4n) is 1.70. The summed E-state index contributed by atoms with van der Waals surface area (Å²) in [6.07, 6.45) is 0. The van der Waals surface area contributed by atoms with Gasteiger partial charge >= 0.3 is 0 Å². The lowest BCUT2D eigenvalue weighted by molar-refractivity contribution is 0.535. The van der Waals surface area contributed by atoms with Crippen molar-refractivity contribution < 1.29 is 8.78 Å². The summed E-state index contributed by atoms with van der Waals surface area (Å²) in [5, 5.41) is 3.05. The van der Waals surface area contributed by atoms with Crippen molar-refractivity contribution in [3.63, 3.8) is 0 Å². The molecule has 0 unspecified atom stereocenters. The highest BCUT2D eigenvalue weighted by Crippen LogP contribution is 2.33. The topological polar surface area (TPSA) is 12.0 Å². The molecule has 0 aliphatic heterocycles. The minimum atomic E-state index is -0.522. The third kappa shape index (κ3) is 4.04. The molecule has 2 aromatic carbocycles. The van der Waals surface area contributed by atoms with Crippen LogP contribution in [-0.2, 0) is 6.54 Å². The predicted molar refractivity (Wildman–Crippen MR) is 82.0 cm³/mol. The molecule has 0 heterocycles. The molecule has 0 aromatic heterocycles. The average molecular weight is 358 g/mol. The fraction of sp³-hybridized carbons (Fsp3) is 0.200. The summed E-state index contributed by atoms with van der Waals surface area (Å²) >= 11 is 4.42. The molecule has 0 atom stereocenters. The maximum absolute atomic E-state index is 14.0. The first-order valence-corrected chi connectivity index (χ1v) is 7.83. The van der Waals surface area contributed by atoms with Crippen LogP contribution >= 0.6 is 27.7 Å². The van der Waals surface area contributed by atoms with Crippen molar-refractivity contribution in [1.82, 2.24) is 5.32 Å². The molecule has 0 bridgehead atoms. The zero-order valence-corrected chi connectivity index (χ0v) is 13.3. The van der Waals surface area contributed by atoms with Gasteiger partial charge in [-0.25, -0.2) is 8.78 Å². The van der Waals surface area contributed by atoms with Crippen molar-refractivity contribution in [2.24, 2.45) is 0 Å². The van der Waals surface area contributed by atoms with E-state index < -0.39 is 11.6 Å². The largest absolute Gasteiger partial charge is 0.313 e. The summed E-state index contributed by atoms with van der Waals surface area (Å²) in [5.41, 5.74) is 0.613. The van der Waals surface area contributed by atoms with Crippen LogP contribution in [0.25, 0.3) is 0 Å². The zero-order chi connectivity index (χ0) is 14.5. The normalized spacial score (nSPS) is 10.8. The van der Waals surface area contributed by atoms with Crippen LogP contribution in [0.2, 0.25) is 0 Å². The van der Waals surface area contributed by atoms with E-state index in [0.29, 0.717) is 12.1 Å². The van der Waals surface area contributed by atoms with E-state index in [-0.39, 0.29) is 4.90 Å². The first-order valence-electron chi connectivity index (χ1n) is 6.22. The highest BCUT2D eigenvalue weighted by Gasteiger charge is 2.12. The quantitative estimate of drug-likeness (QED) is 0.808. The number of halogens is 3. The van der Waals surface area contributed by atoms with Crippen LogP contribution in [0.3, 0.4) is 0 Å². The van der Waals surface area contributed by atoms with E-state index in [4.69, 9.17) is 0 Å². The van der Waals surface area contributed by atoms with E-state index in [9.17, 15) is 8.78 Å². The van der Waals surface area contributed by atoms with Crippen molar-refractivity contribution in [3.05, 3.63) is 58.1 Å². The summed E-state index contributed by atoms with van der Waals surface area (Å²) < 4.78 is 28.9. The van der Waals surface area contributed by atoms with Crippen molar-refractivity contribution in [3.8, 4) is 0 Å². The van der Waals surface area contributed by atoms with E-state index in [1.165, 1.54) is 12.1 Å². The maximum atomic E-state index is 14.0. The fourth-order valence-corrected chi connectivity index (χ4v) is 2.79. The molecule has 106 valence electrons. The SMILES string of the molecule is CCNCc1cc(F)c(Sc2ccc(Br)cc2)c(F)c1. The highest BCUT2D eigenvalue weighted by atomic mass is 79.9. The number of benzene rings is 2. The molecule has 0 amide bonds. The summed E-state index contributed by atoms with van der Waals surface area (Å²) in [4.78, 5) is 0.831. The summed E-state index contributed by atoms with van der Waals surface area (Å²) in [6, 6.07) is 10.1. The lowest BCUT2D eigenvalue weighted by atomic mass is 10.2. The molecule has 0 aliphatic rings. The second kappa shape index (κ2) is 7.20. The summed E-state index contributed by atoms with van der Waals surface area (Å²) in [7, 11) is 0. The Balaban J connectivity index is 2.21. The Labute approximate surface area is 129 Å². The molecule has 2 rings (SSSR count). The lowest BCUT2D eigenvalue weighted by Gasteiger charge is -2.08. The van der Waals surface area contributed by atoms with Gasteiger partial charge in [-0.1, -0.05) is 34.6 Å². The minimum absolute atomic E-state index is 0.0348. The Kier molecular flexibility index (Phi) is 5.57. The predicted octanol–water partition coefficient (Wildman–Crippen LogP) is 4.99. The van der Waals surface area contributed by atoms with Gasteiger partial charge in [-0.15, -0.1) is 0 Å². The van der Waals surface area contributed by atoms with Gasteiger partial charge in [-0.3, -0.25) is 0 Å². The first kappa shape index (κ1) is 15.5. The van der Waals surface area contributed by atoms with E-state index in [2.05, 4.69) is 21.2 Å². The Hall–Kier alpha value is -0.910. The van der Waals surface area contributed by atoms with E-state index in [1.54, 1.807) is 0 Å². The molecule has 0 aliphatic carbocycles. The number of nitrogens with one attached hydrogen (secondary N) is 1. The molecule has 0 saturated carbocycles. The Bertz CT molecular complexity index is 564. The second-order valence-electron chi connectivity index (χ2n) is 4.22. The van der Waals surface area contributed by atoms with E-state index in [0.717, 1.165) is 27.7 Å². The van der Waals surface area contributed by atoms with Crippen molar-refractivity contribution in [1.29, 1.82) is 0 Å². The van der Waals surface area contributed by atoms with Gasteiger partial charge in [0.05, 0.1) is 4.90 Å². The van der Waals surface area contributed by atoms with E-state index in [1.807, 2.05) is 31.2 Å². The molecule has 1 nitrogen and oxygen atoms in total. The molecule has 1 N–H and O–H groups in total. The van der Waals surface area contributed by atoms with Crippen LogP contribution in [0.1, 0.15) is 12.5 Å². The van der Waals surface area contributed by atoms with Crippen molar-refractivity contribution >= 4 is 27.7 Å². The monoisotopic (exact) mass is 357 g/mol. The molecule has 0 saturated heterocycles. The number of rotatable bonds is 5. The summed E-state index contributed by atoms with van der Waals surface area (Å²) in [6.45, 7) is 3.18. The molecular weight excluding hydrogens is 344 g/mol. The third-order valence-electron chi connectivity index (χ3n) is 2.67. The van der Waals surface area contributed by atoms with Gasteiger partial charge in [0.25, 0.3) is 0 Å². The van der Waals surface area contributed by atoms with Crippen LogP contribution in [0.4, 0.5) is 8.78 Å². The van der Waals surface area contributed by atoms with Gasteiger partial charge in [-0.05, 0) is 48.5 Å². The van der Waals surface area contributed by atoms with Crippen molar-refractivity contribution in [2.45, 2.75) is 23.3 Å². The van der Waals surface area contributed by atoms with Crippen LogP contribution in [0.5, 0.6) is 0 Å². The molecule has 0 fully saturated rings. The lowest BCUT2D eigenvalue weighted by Crippen LogP contribution is -2.12. The number of hydrogen-bond donors (Lipinski definition) is 1. The average Bonchev–Trinajstić information content (AvgIpc) is 2.42. The van der Waals surface area contributed by atoms with Gasteiger partial charge in [-0.2, -0.15) is 0 Å². The molecule has 0 spiro atoms. The van der Waals surface area contributed by atoms with Gasteiger partial charge < -0.3 is 5.32 Å². The van der Waals surface area contributed by atoms with Gasteiger partial charge in [0.2, 0.25) is 0 Å². The zero-order valence-electron chi connectivity index (χ0n) is 10.9. The van der Waals surface area contributed by atoms with Crippen LogP contribution < -0.4 is 5.32 Å². The van der Waals surface area contributed by atoms with Crippen molar-refractivity contribution in [2.75, 3.05) is 6.54 Å². The second-order valence-corrected chi connectivity index (χ2v) is 6.22. The maximum Gasteiger partial charge on any atom is 0.140 e. The smallest absolute Gasteiger partial charge is 0.140 e. The van der Waals surface area contributed by atoms with Gasteiger partial charge in [0.15, 0.2) is 0 Å². The first-order chi connectivity index (χ1) is 9.60.